The number of nitrogens with zero attached hydrogens (tertiary/aromatic N) is 1. The molecular weight excluding hydrogens is 294 g/mol. The second-order valence-corrected chi connectivity index (χ2v) is 8.21. The van der Waals surface area contributed by atoms with Crippen molar-refractivity contribution in [1.82, 2.24) is 4.98 Å². The molecule has 0 aliphatic rings. The van der Waals surface area contributed by atoms with E-state index in [1.165, 1.54) is 22.5 Å². The highest BCUT2D eigenvalue weighted by Gasteiger charge is 2.26. The van der Waals surface area contributed by atoms with E-state index in [2.05, 4.69) is 63.9 Å². The summed E-state index contributed by atoms with van der Waals surface area (Å²) >= 11 is 1.42. The summed E-state index contributed by atoms with van der Waals surface area (Å²) < 4.78 is 0. The van der Waals surface area contributed by atoms with Gasteiger partial charge in [0.2, 0.25) is 0 Å². The Morgan fingerprint density at radius 2 is 1.73 bits per heavy atom. The minimum absolute atomic E-state index is 0.135. The van der Waals surface area contributed by atoms with Gasteiger partial charge in [0.15, 0.2) is 5.69 Å². The Morgan fingerprint density at radius 1 is 1.14 bits per heavy atom. The van der Waals surface area contributed by atoms with Gasteiger partial charge >= 0.3 is 5.97 Å². The van der Waals surface area contributed by atoms with E-state index < -0.39 is 5.97 Å². The molecule has 1 heterocycles. The smallest absolute Gasteiger partial charge is 0.355 e. The zero-order valence-corrected chi connectivity index (χ0v) is 14.6. The minimum atomic E-state index is -0.965. The Labute approximate surface area is 136 Å². The van der Waals surface area contributed by atoms with Crippen molar-refractivity contribution in [1.29, 1.82) is 0 Å². The second-order valence-electron chi connectivity index (χ2n) is 7.35. The highest BCUT2D eigenvalue weighted by Crippen LogP contribution is 2.31. The van der Waals surface area contributed by atoms with Crippen molar-refractivity contribution in [3.63, 3.8) is 0 Å². The quantitative estimate of drug-likeness (QED) is 0.892. The van der Waals surface area contributed by atoms with E-state index in [1.807, 2.05) is 0 Å². The minimum Gasteiger partial charge on any atom is -0.476 e. The molecule has 2 rings (SSSR count). The van der Waals surface area contributed by atoms with Gasteiger partial charge in [0.25, 0.3) is 0 Å². The number of carbonyl (C=O) groups is 1. The van der Waals surface area contributed by atoms with Crippen LogP contribution in [0, 0.1) is 0 Å². The van der Waals surface area contributed by atoms with E-state index in [9.17, 15) is 4.79 Å². The van der Waals surface area contributed by atoms with Gasteiger partial charge < -0.3 is 5.11 Å². The maximum atomic E-state index is 11.0. The molecule has 1 N–H and O–H groups in total. The van der Waals surface area contributed by atoms with Crippen molar-refractivity contribution in [2.24, 2.45) is 0 Å². The largest absolute Gasteiger partial charge is 0.476 e. The fourth-order valence-electron chi connectivity index (χ4n) is 2.39. The first-order valence-electron chi connectivity index (χ1n) is 7.38. The topological polar surface area (TPSA) is 50.2 Å². The average Bonchev–Trinajstić information content (AvgIpc) is 2.88. The number of rotatable bonds is 4. The van der Waals surface area contributed by atoms with Crippen molar-refractivity contribution >= 4 is 17.3 Å². The van der Waals surface area contributed by atoms with Crippen LogP contribution in [-0.4, -0.2) is 16.1 Å². The van der Waals surface area contributed by atoms with Crippen molar-refractivity contribution in [2.75, 3.05) is 0 Å². The fraction of sp³-hybridized carbons (Fsp3) is 0.444. The van der Waals surface area contributed by atoms with Gasteiger partial charge in [0.05, 0.1) is 5.01 Å². The van der Waals surface area contributed by atoms with Crippen molar-refractivity contribution in [3.8, 4) is 0 Å². The van der Waals surface area contributed by atoms with Crippen molar-refractivity contribution < 1.29 is 9.90 Å². The number of thiazole rings is 1. The molecule has 2 aromatic rings. The molecule has 118 valence electrons. The molecule has 0 saturated heterocycles. The van der Waals surface area contributed by atoms with Crippen LogP contribution in [0.25, 0.3) is 0 Å². The predicted octanol–water partition coefficient (Wildman–Crippen LogP) is 4.66. The van der Waals surface area contributed by atoms with Crippen LogP contribution in [0.4, 0.5) is 0 Å². The van der Waals surface area contributed by atoms with E-state index in [0.29, 0.717) is 0 Å². The standard InChI is InChI=1S/C18H23NO2S/c1-17(2,3)13-8-6-12(7-9-13)10-18(4,5)16-19-14(11-22-16)15(20)21/h6-9,11H,10H2,1-5H3,(H,20,21). The average molecular weight is 317 g/mol. The lowest BCUT2D eigenvalue weighted by molar-refractivity contribution is 0.0691. The van der Waals surface area contributed by atoms with Gasteiger partial charge in [-0.1, -0.05) is 58.9 Å². The molecule has 1 aromatic heterocycles. The lowest BCUT2D eigenvalue weighted by atomic mass is 9.83. The molecule has 0 atom stereocenters. The molecule has 0 radical (unpaired) electrons. The third kappa shape index (κ3) is 3.74. The third-order valence-electron chi connectivity index (χ3n) is 3.77. The maximum Gasteiger partial charge on any atom is 0.355 e. The van der Waals surface area contributed by atoms with Crippen LogP contribution in [0.15, 0.2) is 29.6 Å². The number of hydrogen-bond acceptors (Lipinski definition) is 3. The molecule has 0 fully saturated rings. The van der Waals surface area contributed by atoms with E-state index in [4.69, 9.17) is 5.11 Å². The summed E-state index contributed by atoms with van der Waals surface area (Å²) in [6.45, 7) is 10.8. The molecule has 0 spiro atoms. The summed E-state index contributed by atoms with van der Waals surface area (Å²) in [5.41, 5.74) is 2.67. The lowest BCUT2D eigenvalue weighted by Gasteiger charge is -2.23. The summed E-state index contributed by atoms with van der Waals surface area (Å²) in [6.07, 6.45) is 0.837. The highest BCUT2D eigenvalue weighted by atomic mass is 32.1. The number of hydrogen-bond donors (Lipinski definition) is 1. The van der Waals surface area contributed by atoms with Gasteiger partial charge in [-0.2, -0.15) is 0 Å². The molecule has 0 saturated carbocycles. The number of benzene rings is 1. The normalized spacial score (nSPS) is 12.4. The van der Waals surface area contributed by atoms with Gasteiger partial charge in [0, 0.05) is 10.8 Å². The zero-order valence-electron chi connectivity index (χ0n) is 13.8. The Morgan fingerprint density at radius 3 is 2.18 bits per heavy atom. The van der Waals surface area contributed by atoms with Crippen LogP contribution in [0.2, 0.25) is 0 Å². The number of aromatic carboxylic acids is 1. The molecule has 3 nitrogen and oxygen atoms in total. The summed E-state index contributed by atoms with van der Waals surface area (Å²) in [5.74, 6) is -0.965. The van der Waals surface area contributed by atoms with Crippen LogP contribution >= 0.6 is 11.3 Å². The molecule has 1 aromatic carbocycles. The molecule has 0 unspecified atom stereocenters. The van der Waals surface area contributed by atoms with Crippen LogP contribution in [-0.2, 0) is 17.3 Å². The van der Waals surface area contributed by atoms with Gasteiger partial charge in [-0.25, -0.2) is 9.78 Å². The monoisotopic (exact) mass is 317 g/mol. The van der Waals surface area contributed by atoms with E-state index in [1.54, 1.807) is 5.38 Å². The summed E-state index contributed by atoms with van der Waals surface area (Å²) in [6, 6.07) is 8.67. The predicted molar refractivity (Wildman–Crippen MR) is 90.9 cm³/mol. The van der Waals surface area contributed by atoms with E-state index in [0.717, 1.165) is 11.4 Å². The summed E-state index contributed by atoms with van der Waals surface area (Å²) in [7, 11) is 0. The molecule has 22 heavy (non-hydrogen) atoms. The van der Waals surface area contributed by atoms with Gasteiger partial charge in [-0.15, -0.1) is 11.3 Å². The Hall–Kier alpha value is -1.68. The maximum absolute atomic E-state index is 11.0. The molecule has 0 bridgehead atoms. The van der Waals surface area contributed by atoms with E-state index >= 15 is 0 Å². The van der Waals surface area contributed by atoms with E-state index in [-0.39, 0.29) is 16.5 Å². The first-order chi connectivity index (χ1) is 10.1. The van der Waals surface area contributed by atoms with Crippen LogP contribution in [0.5, 0.6) is 0 Å². The first-order valence-corrected chi connectivity index (χ1v) is 8.26. The zero-order chi connectivity index (χ0) is 16.5. The van der Waals surface area contributed by atoms with Crippen LogP contribution in [0.3, 0.4) is 0 Å². The van der Waals surface area contributed by atoms with Crippen molar-refractivity contribution in [3.05, 3.63) is 51.5 Å². The Bertz CT molecular complexity index is 663. The molecule has 0 aliphatic carbocycles. The number of aromatic nitrogens is 1. The van der Waals surface area contributed by atoms with Gasteiger partial charge in [-0.05, 0) is 23.0 Å². The van der Waals surface area contributed by atoms with Crippen LogP contribution < -0.4 is 0 Å². The Balaban J connectivity index is 2.19. The lowest BCUT2D eigenvalue weighted by Crippen LogP contribution is -2.21. The molecule has 0 amide bonds. The SMILES string of the molecule is CC(C)(C)c1ccc(CC(C)(C)c2nc(C(=O)O)cs2)cc1. The highest BCUT2D eigenvalue weighted by molar-refractivity contribution is 7.10. The number of carboxylic acid groups (broad SMARTS) is 1. The first kappa shape index (κ1) is 16.7. The number of carboxylic acids is 1. The van der Waals surface area contributed by atoms with Gasteiger partial charge in [-0.3, -0.25) is 0 Å². The summed E-state index contributed by atoms with van der Waals surface area (Å²) in [5, 5.41) is 11.5. The third-order valence-corrected chi connectivity index (χ3v) is 4.98. The van der Waals surface area contributed by atoms with Crippen molar-refractivity contribution in [2.45, 2.75) is 51.9 Å². The molecular formula is C18H23NO2S. The summed E-state index contributed by atoms with van der Waals surface area (Å²) in [4.78, 5) is 15.2. The van der Waals surface area contributed by atoms with Crippen LogP contribution in [0.1, 0.15) is 61.2 Å². The van der Waals surface area contributed by atoms with Gasteiger partial charge in [0.1, 0.15) is 0 Å². The Kier molecular flexibility index (Phi) is 4.43. The second kappa shape index (κ2) is 5.84. The molecule has 0 aliphatic heterocycles. The molecule has 4 heteroatoms. The fourth-order valence-corrected chi connectivity index (χ4v) is 3.31.